The summed E-state index contributed by atoms with van der Waals surface area (Å²) < 4.78 is 0. The molecule has 0 radical (unpaired) electrons. The quantitative estimate of drug-likeness (QED) is 0.784. The zero-order valence-corrected chi connectivity index (χ0v) is 9.16. The van der Waals surface area contributed by atoms with Crippen LogP contribution in [0.25, 0.3) is 0 Å². The summed E-state index contributed by atoms with van der Waals surface area (Å²) in [6.07, 6.45) is 0.910. The summed E-state index contributed by atoms with van der Waals surface area (Å²) in [7, 11) is 1.83. The fraction of sp³-hybridized carbons (Fsp3) is 0.417. The second kappa shape index (κ2) is 3.57. The molecule has 3 nitrogen and oxygen atoms in total. The summed E-state index contributed by atoms with van der Waals surface area (Å²) >= 11 is 0. The molecule has 1 aliphatic heterocycles. The van der Waals surface area contributed by atoms with E-state index in [2.05, 4.69) is 24.4 Å². The molecule has 1 heterocycles. The lowest BCUT2D eigenvalue weighted by Gasteiger charge is -2.27. The second-order valence-electron chi connectivity index (χ2n) is 4.09. The first-order chi connectivity index (χ1) is 7.18. The minimum Gasteiger partial charge on any atom is -0.327 e. The maximum Gasteiger partial charge on any atom is 0.317 e. The van der Waals surface area contributed by atoms with Gasteiger partial charge in [-0.1, -0.05) is 37.3 Å². The lowest BCUT2D eigenvalue weighted by Crippen LogP contribution is -2.39. The molecule has 1 fully saturated rings. The lowest BCUT2D eigenvalue weighted by molar-refractivity contribution is 0.226. The van der Waals surface area contributed by atoms with Crippen molar-refractivity contribution in [1.82, 2.24) is 10.2 Å². The molecule has 1 aliphatic rings. The molecule has 1 atom stereocenters. The molecular weight excluding hydrogens is 188 g/mol. The Hall–Kier alpha value is -1.51. The maximum atomic E-state index is 11.5. The van der Waals surface area contributed by atoms with Gasteiger partial charge in [-0.05, 0) is 12.0 Å². The highest BCUT2D eigenvalue weighted by Gasteiger charge is 2.40. The number of benzene rings is 1. The molecule has 1 N–H and O–H groups in total. The molecule has 0 unspecified atom stereocenters. The van der Waals surface area contributed by atoms with Crippen LogP contribution >= 0.6 is 0 Å². The van der Waals surface area contributed by atoms with E-state index in [-0.39, 0.29) is 11.6 Å². The van der Waals surface area contributed by atoms with E-state index in [1.54, 1.807) is 4.90 Å². The van der Waals surface area contributed by atoms with E-state index >= 15 is 0 Å². The number of nitrogens with zero attached hydrogens (tertiary/aromatic N) is 1. The topological polar surface area (TPSA) is 32.3 Å². The van der Waals surface area contributed by atoms with E-state index in [0.29, 0.717) is 0 Å². The predicted octanol–water partition coefficient (Wildman–Crippen LogP) is 1.95. The minimum absolute atomic E-state index is 0.0145. The number of carbonyl (C=O) groups is 1. The third-order valence-electron chi connectivity index (χ3n) is 3.13. The van der Waals surface area contributed by atoms with E-state index < -0.39 is 0 Å². The van der Waals surface area contributed by atoms with Crippen LogP contribution in [0.1, 0.15) is 18.9 Å². The summed E-state index contributed by atoms with van der Waals surface area (Å²) in [4.78, 5) is 13.3. The average Bonchev–Trinajstić information content (AvgIpc) is 2.57. The summed E-state index contributed by atoms with van der Waals surface area (Å²) in [5.41, 5.74) is 0.984. The van der Waals surface area contributed by atoms with E-state index in [4.69, 9.17) is 0 Å². The number of nitrogens with one attached hydrogen (secondary N) is 1. The largest absolute Gasteiger partial charge is 0.327 e. The first-order valence-electron chi connectivity index (χ1n) is 5.27. The number of carbonyl (C=O) groups excluding carboxylic acids is 1. The molecule has 1 aromatic rings. The molecule has 2 rings (SSSR count). The van der Waals surface area contributed by atoms with Crippen molar-refractivity contribution in [2.75, 3.05) is 13.6 Å². The van der Waals surface area contributed by atoms with Crippen molar-refractivity contribution in [1.29, 1.82) is 0 Å². The van der Waals surface area contributed by atoms with Gasteiger partial charge in [-0.2, -0.15) is 0 Å². The zero-order chi connectivity index (χ0) is 10.9. The first kappa shape index (κ1) is 10.0. The Bertz CT molecular complexity index is 363. The Labute approximate surface area is 90.1 Å². The van der Waals surface area contributed by atoms with Crippen molar-refractivity contribution in [3.63, 3.8) is 0 Å². The average molecular weight is 204 g/mol. The number of hydrogen-bond acceptors (Lipinski definition) is 1. The SMILES string of the molecule is CC[C@]1(c2ccccc2)CN(C)C(=O)N1. The van der Waals surface area contributed by atoms with Gasteiger partial charge in [-0.15, -0.1) is 0 Å². The summed E-state index contributed by atoms with van der Waals surface area (Å²) in [6.45, 7) is 2.85. The molecule has 0 aromatic heterocycles. The van der Waals surface area contributed by atoms with Gasteiger partial charge in [0.2, 0.25) is 0 Å². The van der Waals surface area contributed by atoms with E-state index in [9.17, 15) is 4.79 Å². The van der Waals surface area contributed by atoms with Gasteiger partial charge in [0, 0.05) is 13.6 Å². The van der Waals surface area contributed by atoms with Crippen molar-refractivity contribution in [2.45, 2.75) is 18.9 Å². The van der Waals surface area contributed by atoms with Gasteiger partial charge in [-0.25, -0.2) is 4.79 Å². The molecule has 0 saturated carbocycles. The molecule has 1 saturated heterocycles. The molecule has 2 amide bonds. The van der Waals surface area contributed by atoms with Crippen molar-refractivity contribution < 1.29 is 4.79 Å². The molecule has 80 valence electrons. The fourth-order valence-electron chi connectivity index (χ4n) is 2.14. The number of urea groups is 1. The van der Waals surface area contributed by atoms with Crippen LogP contribution in [-0.4, -0.2) is 24.5 Å². The van der Waals surface area contributed by atoms with Crippen LogP contribution in [0.3, 0.4) is 0 Å². The zero-order valence-electron chi connectivity index (χ0n) is 9.16. The maximum absolute atomic E-state index is 11.5. The third-order valence-corrected chi connectivity index (χ3v) is 3.13. The smallest absolute Gasteiger partial charge is 0.317 e. The number of amides is 2. The van der Waals surface area contributed by atoms with Gasteiger partial charge in [0.15, 0.2) is 0 Å². The van der Waals surface area contributed by atoms with Crippen LogP contribution in [0, 0.1) is 0 Å². The van der Waals surface area contributed by atoms with Gasteiger partial charge < -0.3 is 10.2 Å². The third kappa shape index (κ3) is 1.58. The monoisotopic (exact) mass is 204 g/mol. The Morgan fingerprint density at radius 2 is 2.07 bits per heavy atom. The molecule has 15 heavy (non-hydrogen) atoms. The molecule has 0 aliphatic carbocycles. The van der Waals surface area contributed by atoms with Gasteiger partial charge in [0.1, 0.15) is 0 Å². The highest BCUT2D eigenvalue weighted by atomic mass is 16.2. The summed E-state index contributed by atoms with van der Waals surface area (Å²) in [5.74, 6) is 0. The first-order valence-corrected chi connectivity index (χ1v) is 5.27. The predicted molar refractivity (Wildman–Crippen MR) is 59.6 cm³/mol. The number of hydrogen-bond donors (Lipinski definition) is 1. The highest BCUT2D eigenvalue weighted by molar-refractivity contribution is 5.78. The Morgan fingerprint density at radius 3 is 2.53 bits per heavy atom. The summed E-state index contributed by atoms with van der Waals surface area (Å²) in [6, 6.07) is 10.2. The lowest BCUT2D eigenvalue weighted by atomic mass is 9.88. The van der Waals surface area contributed by atoms with Crippen molar-refractivity contribution in [2.24, 2.45) is 0 Å². The van der Waals surface area contributed by atoms with Crippen LogP contribution < -0.4 is 5.32 Å². The minimum atomic E-state index is -0.201. The standard InChI is InChI=1S/C12H16N2O/c1-3-12(9-14(2)11(15)13-12)10-7-5-4-6-8-10/h4-8H,3,9H2,1-2H3,(H,13,15)/t12-/m1/s1. The van der Waals surface area contributed by atoms with Gasteiger partial charge in [-0.3, -0.25) is 0 Å². The highest BCUT2D eigenvalue weighted by Crippen LogP contribution is 2.29. The van der Waals surface area contributed by atoms with Crippen LogP contribution in [0.2, 0.25) is 0 Å². The normalized spacial score (nSPS) is 25.5. The van der Waals surface area contributed by atoms with E-state index in [0.717, 1.165) is 13.0 Å². The number of likely N-dealkylation sites (N-methyl/N-ethyl adjacent to an activating group) is 1. The van der Waals surface area contributed by atoms with Crippen LogP contribution in [0.5, 0.6) is 0 Å². The van der Waals surface area contributed by atoms with Crippen LogP contribution in [0.15, 0.2) is 30.3 Å². The van der Waals surface area contributed by atoms with Gasteiger partial charge >= 0.3 is 6.03 Å². The summed E-state index contributed by atoms with van der Waals surface area (Å²) in [5, 5.41) is 3.07. The van der Waals surface area contributed by atoms with Gasteiger partial charge in [0.05, 0.1) is 5.54 Å². The Kier molecular flexibility index (Phi) is 2.39. The van der Waals surface area contributed by atoms with E-state index in [1.807, 2.05) is 25.2 Å². The molecule has 0 spiro atoms. The van der Waals surface area contributed by atoms with Crippen LogP contribution in [0.4, 0.5) is 4.79 Å². The van der Waals surface area contributed by atoms with Crippen molar-refractivity contribution >= 4 is 6.03 Å². The van der Waals surface area contributed by atoms with E-state index in [1.165, 1.54) is 5.56 Å². The Balaban J connectivity index is 2.36. The van der Waals surface area contributed by atoms with Crippen molar-refractivity contribution in [3.8, 4) is 0 Å². The molecular formula is C12H16N2O. The van der Waals surface area contributed by atoms with Crippen molar-refractivity contribution in [3.05, 3.63) is 35.9 Å². The molecule has 1 aromatic carbocycles. The second-order valence-corrected chi connectivity index (χ2v) is 4.09. The van der Waals surface area contributed by atoms with Crippen LogP contribution in [-0.2, 0) is 5.54 Å². The number of rotatable bonds is 2. The molecule has 0 bridgehead atoms. The molecule has 3 heteroatoms. The van der Waals surface area contributed by atoms with Gasteiger partial charge in [0.25, 0.3) is 0 Å². The Morgan fingerprint density at radius 1 is 1.40 bits per heavy atom. The fourth-order valence-corrected chi connectivity index (χ4v) is 2.14.